The molecule has 0 amide bonds. The lowest BCUT2D eigenvalue weighted by Gasteiger charge is -2.16. The van der Waals surface area contributed by atoms with E-state index in [0.717, 1.165) is 63.4 Å². The molecule has 184 valence electrons. The van der Waals surface area contributed by atoms with E-state index in [4.69, 9.17) is 9.84 Å². The van der Waals surface area contributed by atoms with Crippen molar-refractivity contribution in [2.24, 2.45) is 5.92 Å². The molecule has 0 fully saturated rings. The van der Waals surface area contributed by atoms with E-state index in [1.807, 2.05) is 6.08 Å². The van der Waals surface area contributed by atoms with E-state index < -0.39 is 18.2 Å². The molecule has 0 spiro atoms. The Morgan fingerprint density at radius 2 is 1.72 bits per heavy atom. The summed E-state index contributed by atoms with van der Waals surface area (Å²) in [6.07, 6.45) is 13.4. The number of aliphatic carboxylic acids is 1. The topological polar surface area (TPSA) is 104 Å². The van der Waals surface area contributed by atoms with Gasteiger partial charge in [-0.2, -0.15) is 0 Å². The molecule has 0 heterocycles. The highest BCUT2D eigenvalue weighted by Gasteiger charge is 2.35. The molecule has 0 aromatic carbocycles. The molecule has 6 heteroatoms. The molecule has 1 aliphatic rings. The first-order valence-corrected chi connectivity index (χ1v) is 12.6. The van der Waals surface area contributed by atoms with Crippen LogP contribution in [0, 0.1) is 5.92 Å². The second kappa shape index (κ2) is 16.9. The van der Waals surface area contributed by atoms with Gasteiger partial charge in [-0.3, -0.25) is 4.79 Å². The van der Waals surface area contributed by atoms with Crippen LogP contribution in [0.5, 0.6) is 0 Å². The number of carboxylic acids is 1. The summed E-state index contributed by atoms with van der Waals surface area (Å²) in [4.78, 5) is 23.4. The third-order valence-corrected chi connectivity index (χ3v) is 6.08. The highest BCUT2D eigenvalue weighted by atomic mass is 16.5. The minimum atomic E-state index is -0.776. The van der Waals surface area contributed by atoms with Gasteiger partial charge in [0.2, 0.25) is 0 Å². The summed E-state index contributed by atoms with van der Waals surface area (Å²) in [5.41, 5.74) is 1.49. The van der Waals surface area contributed by atoms with E-state index >= 15 is 0 Å². The lowest BCUT2D eigenvalue weighted by atomic mass is 9.92. The Hall–Kier alpha value is -1.66. The second-order valence-corrected chi connectivity index (χ2v) is 8.90. The summed E-state index contributed by atoms with van der Waals surface area (Å²) >= 11 is 0. The number of aliphatic hydroxyl groups excluding tert-OH is 2. The fourth-order valence-electron chi connectivity index (χ4n) is 4.17. The van der Waals surface area contributed by atoms with Crippen LogP contribution < -0.4 is 0 Å². The Kier molecular flexibility index (Phi) is 15.0. The number of rotatable bonds is 18. The van der Waals surface area contributed by atoms with E-state index in [2.05, 4.69) is 13.8 Å². The van der Waals surface area contributed by atoms with Crippen LogP contribution in [-0.4, -0.2) is 46.1 Å². The molecule has 0 saturated heterocycles. The zero-order valence-corrected chi connectivity index (χ0v) is 20.1. The Balaban J connectivity index is 2.78. The number of esters is 1. The average Bonchev–Trinajstić information content (AvgIpc) is 3.07. The number of hydrogen-bond donors (Lipinski definition) is 3. The van der Waals surface area contributed by atoms with Crippen LogP contribution in [0.25, 0.3) is 0 Å². The SMILES string of the molecule is CCCCCOC(=O)C1=C(CCCCCCC(=O)O)[C@@H](/C=C/[C@@H](O)CCCCC)[C@H](O)C1. The van der Waals surface area contributed by atoms with Gasteiger partial charge in [-0.1, -0.05) is 76.5 Å². The molecule has 3 atom stereocenters. The molecule has 1 rings (SSSR count). The highest BCUT2D eigenvalue weighted by molar-refractivity contribution is 5.90. The van der Waals surface area contributed by atoms with Gasteiger partial charge in [0.15, 0.2) is 0 Å². The summed E-state index contributed by atoms with van der Waals surface area (Å²) < 4.78 is 5.47. The van der Waals surface area contributed by atoms with Crippen LogP contribution in [0.2, 0.25) is 0 Å². The molecule has 0 unspecified atom stereocenters. The van der Waals surface area contributed by atoms with Crippen LogP contribution in [0.15, 0.2) is 23.3 Å². The third-order valence-electron chi connectivity index (χ3n) is 6.08. The quantitative estimate of drug-likeness (QED) is 0.148. The number of carbonyl (C=O) groups is 2. The Morgan fingerprint density at radius 1 is 1.03 bits per heavy atom. The van der Waals surface area contributed by atoms with Gasteiger partial charge in [0.25, 0.3) is 0 Å². The van der Waals surface area contributed by atoms with E-state index in [1.165, 1.54) is 0 Å². The molecule has 3 N–H and O–H groups in total. The van der Waals surface area contributed by atoms with Crippen molar-refractivity contribution in [2.45, 2.75) is 116 Å². The minimum Gasteiger partial charge on any atom is -0.481 e. The van der Waals surface area contributed by atoms with Crippen LogP contribution in [0.3, 0.4) is 0 Å². The smallest absolute Gasteiger partial charge is 0.334 e. The summed E-state index contributed by atoms with van der Waals surface area (Å²) in [6.45, 7) is 4.62. The van der Waals surface area contributed by atoms with Crippen molar-refractivity contribution in [2.75, 3.05) is 6.61 Å². The number of aliphatic hydroxyl groups is 2. The maximum atomic E-state index is 12.7. The van der Waals surface area contributed by atoms with Crippen molar-refractivity contribution in [1.29, 1.82) is 0 Å². The molecule has 0 saturated carbocycles. The largest absolute Gasteiger partial charge is 0.481 e. The molecule has 0 aromatic rings. The molecule has 32 heavy (non-hydrogen) atoms. The molecule has 1 aliphatic carbocycles. The zero-order valence-electron chi connectivity index (χ0n) is 20.1. The first-order chi connectivity index (χ1) is 15.4. The first-order valence-electron chi connectivity index (χ1n) is 12.6. The molecule has 0 aliphatic heterocycles. The maximum Gasteiger partial charge on any atom is 0.334 e. The van der Waals surface area contributed by atoms with E-state index in [9.17, 15) is 19.8 Å². The fraction of sp³-hybridized carbons (Fsp3) is 0.769. The highest BCUT2D eigenvalue weighted by Crippen LogP contribution is 2.37. The normalized spacial score (nSPS) is 19.6. The predicted molar refractivity (Wildman–Crippen MR) is 126 cm³/mol. The lowest BCUT2D eigenvalue weighted by molar-refractivity contribution is -0.139. The number of ether oxygens (including phenoxy) is 1. The second-order valence-electron chi connectivity index (χ2n) is 8.90. The number of carbonyl (C=O) groups excluding carboxylic acids is 1. The minimum absolute atomic E-state index is 0.179. The van der Waals surface area contributed by atoms with Crippen LogP contribution in [-0.2, 0) is 14.3 Å². The summed E-state index contributed by atoms with van der Waals surface area (Å²) in [6, 6.07) is 0. The Bertz CT molecular complexity index is 609. The van der Waals surface area contributed by atoms with Gasteiger partial charge in [0.05, 0.1) is 18.8 Å². The van der Waals surface area contributed by atoms with Gasteiger partial charge >= 0.3 is 11.9 Å². The van der Waals surface area contributed by atoms with Gasteiger partial charge in [0, 0.05) is 24.3 Å². The number of unbranched alkanes of at least 4 members (excludes halogenated alkanes) is 7. The van der Waals surface area contributed by atoms with Crippen LogP contribution in [0.4, 0.5) is 0 Å². The van der Waals surface area contributed by atoms with Crippen LogP contribution in [0.1, 0.15) is 104 Å². The molecular weight excluding hydrogens is 408 g/mol. The van der Waals surface area contributed by atoms with Gasteiger partial charge in [-0.15, -0.1) is 0 Å². The summed E-state index contributed by atoms with van der Waals surface area (Å²) in [7, 11) is 0. The predicted octanol–water partition coefficient (Wildman–Crippen LogP) is 5.32. The Labute approximate surface area is 193 Å². The molecule has 0 bridgehead atoms. The third kappa shape index (κ3) is 11.3. The van der Waals surface area contributed by atoms with Gasteiger partial charge in [-0.25, -0.2) is 4.79 Å². The molecule has 0 radical (unpaired) electrons. The number of hydrogen-bond acceptors (Lipinski definition) is 5. The van der Waals surface area contributed by atoms with Crippen molar-refractivity contribution in [3.8, 4) is 0 Å². The molecular formula is C26H44O6. The number of carboxylic acid groups (broad SMARTS) is 1. The lowest BCUT2D eigenvalue weighted by Crippen LogP contribution is -2.15. The molecule has 6 nitrogen and oxygen atoms in total. The standard InChI is InChI=1S/C26H44O6/c1-3-5-9-13-20(27)16-17-22-21(14-10-7-8-11-15-25(29)30)23(19-24(22)28)26(31)32-18-12-6-4-2/h16-17,20,22,24,27-28H,3-15,18-19H2,1-2H3,(H,29,30)/b17-16+/t20-,22+,24+/m0/s1. The monoisotopic (exact) mass is 452 g/mol. The average molecular weight is 453 g/mol. The van der Waals surface area contributed by atoms with Gasteiger partial charge in [-0.05, 0) is 32.1 Å². The van der Waals surface area contributed by atoms with Gasteiger partial charge in [0.1, 0.15) is 0 Å². The first kappa shape index (κ1) is 28.4. The Morgan fingerprint density at radius 3 is 2.41 bits per heavy atom. The van der Waals surface area contributed by atoms with Crippen molar-refractivity contribution in [3.63, 3.8) is 0 Å². The maximum absolute atomic E-state index is 12.7. The zero-order chi connectivity index (χ0) is 23.8. The van der Waals surface area contributed by atoms with E-state index in [-0.39, 0.29) is 24.7 Å². The van der Waals surface area contributed by atoms with Gasteiger partial charge < -0.3 is 20.1 Å². The summed E-state index contributed by atoms with van der Waals surface area (Å²) in [5.74, 6) is -1.39. The van der Waals surface area contributed by atoms with Crippen molar-refractivity contribution < 1.29 is 29.6 Å². The van der Waals surface area contributed by atoms with Crippen molar-refractivity contribution in [1.82, 2.24) is 0 Å². The van der Waals surface area contributed by atoms with E-state index in [0.29, 0.717) is 31.4 Å². The summed E-state index contributed by atoms with van der Waals surface area (Å²) in [5, 5.41) is 29.7. The molecule has 0 aromatic heterocycles. The van der Waals surface area contributed by atoms with Crippen LogP contribution >= 0.6 is 0 Å². The fourth-order valence-corrected chi connectivity index (χ4v) is 4.17. The van der Waals surface area contributed by atoms with E-state index in [1.54, 1.807) is 6.08 Å². The van der Waals surface area contributed by atoms with Crippen molar-refractivity contribution in [3.05, 3.63) is 23.3 Å². The van der Waals surface area contributed by atoms with Crippen molar-refractivity contribution >= 4 is 11.9 Å².